The zero-order chi connectivity index (χ0) is 30.4. The van der Waals surface area contributed by atoms with E-state index in [1.165, 1.54) is 33.1 Å². The summed E-state index contributed by atoms with van der Waals surface area (Å²) in [4.78, 5) is 31.7. The van der Waals surface area contributed by atoms with Crippen molar-refractivity contribution in [2.75, 3.05) is 20.2 Å². The predicted molar refractivity (Wildman–Crippen MR) is 143 cm³/mol. The van der Waals surface area contributed by atoms with E-state index in [0.29, 0.717) is 12.8 Å². The number of aromatic amines is 1. The van der Waals surface area contributed by atoms with E-state index in [0.717, 1.165) is 23.9 Å². The highest BCUT2D eigenvalue weighted by atomic mass is 19.4. The lowest BCUT2D eigenvalue weighted by Gasteiger charge is -2.42. The minimum atomic E-state index is -4.47. The number of pyridine rings is 1. The van der Waals surface area contributed by atoms with Crippen molar-refractivity contribution < 1.29 is 36.3 Å². The molecule has 0 aromatic carbocycles. The highest BCUT2D eigenvalue weighted by Crippen LogP contribution is 2.50. The molecule has 2 aromatic heterocycles. The van der Waals surface area contributed by atoms with Crippen LogP contribution in [0.4, 0.5) is 22.0 Å². The van der Waals surface area contributed by atoms with Gasteiger partial charge in [0.15, 0.2) is 11.6 Å². The van der Waals surface area contributed by atoms with Crippen LogP contribution in [0.2, 0.25) is 0 Å². The Morgan fingerprint density at radius 3 is 2.40 bits per heavy atom. The molecule has 1 aliphatic heterocycles. The monoisotopic (exact) mass is 597 g/mol. The first-order valence-corrected chi connectivity index (χ1v) is 14.3. The number of amides is 1. The molecule has 6 atom stereocenters. The first-order chi connectivity index (χ1) is 19.7. The fourth-order valence-electron chi connectivity index (χ4n) is 7.17. The lowest BCUT2D eigenvalue weighted by Crippen LogP contribution is -2.59. The van der Waals surface area contributed by atoms with Crippen molar-refractivity contribution >= 4 is 11.7 Å². The Bertz CT molecular complexity index is 1300. The topological polar surface area (TPSA) is 100 Å². The van der Waals surface area contributed by atoms with Crippen molar-refractivity contribution in [3.05, 3.63) is 29.8 Å². The summed E-state index contributed by atoms with van der Waals surface area (Å²) >= 11 is 0. The molecule has 13 heteroatoms. The van der Waals surface area contributed by atoms with E-state index in [4.69, 9.17) is 4.74 Å². The van der Waals surface area contributed by atoms with Crippen molar-refractivity contribution in [3.63, 3.8) is 0 Å². The third kappa shape index (κ3) is 6.45. The van der Waals surface area contributed by atoms with Crippen LogP contribution in [0.15, 0.2) is 18.3 Å². The Balaban J connectivity index is 1.22. The maximum Gasteiger partial charge on any atom is 0.404 e. The smallest absolute Gasteiger partial charge is 0.404 e. The Hall–Kier alpha value is -3.09. The van der Waals surface area contributed by atoms with Crippen LogP contribution in [0.3, 0.4) is 0 Å². The number of carbonyl (C=O) groups excluding carboxylic acids is 2. The summed E-state index contributed by atoms with van der Waals surface area (Å²) in [7, 11) is 1.41. The number of nitrogens with one attached hydrogen (secondary N) is 2. The van der Waals surface area contributed by atoms with Gasteiger partial charge in [-0.05, 0) is 70.3 Å². The molecule has 1 amide bonds. The number of alkyl halides is 4. The van der Waals surface area contributed by atoms with Crippen molar-refractivity contribution in [2.45, 2.75) is 76.3 Å². The number of likely N-dealkylation sites (tertiary alicyclic amines) is 1. The van der Waals surface area contributed by atoms with Crippen molar-refractivity contribution in [1.29, 1.82) is 0 Å². The third-order valence-corrected chi connectivity index (χ3v) is 8.92. The first kappa shape index (κ1) is 30.4. The second-order valence-corrected chi connectivity index (χ2v) is 12.5. The lowest BCUT2D eigenvalue weighted by molar-refractivity contribution is -0.196. The van der Waals surface area contributed by atoms with Crippen LogP contribution < -0.4 is 10.1 Å². The standard InChI is InChI=1S/C29H36F5N5O3/c1-28(2,31)14-39-13-18(6-7-23(39)29(32,33)34)36-27(41)17-8-15-4-5-16(9-17)25(15)26(40)22-11-21(37-38-22)19-10-24(42-3)35-12-20(19)30/h10-12,15-18,23,25H,4-9,13-14H2,1-3H3,(H,36,41)(H,37,38)/t15-,16+,17?,18?,23-,25?/m1/s1. The second kappa shape index (κ2) is 11.5. The van der Waals surface area contributed by atoms with Crippen LogP contribution in [-0.4, -0.2) is 75.9 Å². The molecule has 3 aliphatic rings. The maximum atomic E-state index is 14.4. The Labute approximate surface area is 240 Å². The fraction of sp³-hybridized carbons (Fsp3) is 0.655. The van der Waals surface area contributed by atoms with Crippen LogP contribution in [0.1, 0.15) is 62.9 Å². The van der Waals surface area contributed by atoms with Crippen LogP contribution >= 0.6 is 0 Å². The molecule has 2 N–H and O–H groups in total. The van der Waals surface area contributed by atoms with Gasteiger partial charge in [0.2, 0.25) is 11.8 Å². The normalized spacial score (nSPS) is 28.5. The lowest BCUT2D eigenvalue weighted by atomic mass is 9.70. The quantitative estimate of drug-likeness (QED) is 0.324. The molecule has 2 bridgehead atoms. The number of carbonyl (C=O) groups is 2. The van der Waals surface area contributed by atoms with Crippen molar-refractivity contribution in [2.24, 2.45) is 23.7 Å². The Kier molecular flexibility index (Phi) is 8.34. The van der Waals surface area contributed by atoms with Gasteiger partial charge in [0, 0.05) is 42.6 Å². The van der Waals surface area contributed by atoms with Gasteiger partial charge in [0.05, 0.1) is 19.0 Å². The minimum absolute atomic E-state index is 0.0266. The number of Topliss-reactive ketones (excluding diaryl/α,β-unsaturated/α-hetero) is 1. The molecular formula is C29H36F5N5O3. The van der Waals surface area contributed by atoms with Crippen LogP contribution in [0.5, 0.6) is 5.88 Å². The number of halogens is 5. The van der Waals surface area contributed by atoms with Gasteiger partial charge in [0.1, 0.15) is 17.4 Å². The molecule has 2 aliphatic carbocycles. The van der Waals surface area contributed by atoms with E-state index in [2.05, 4.69) is 20.5 Å². The number of piperidine rings is 1. The number of hydrogen-bond donors (Lipinski definition) is 2. The molecule has 0 spiro atoms. The predicted octanol–water partition coefficient (Wildman–Crippen LogP) is 5.11. The third-order valence-electron chi connectivity index (χ3n) is 8.92. The van der Waals surface area contributed by atoms with Gasteiger partial charge in [0.25, 0.3) is 0 Å². The van der Waals surface area contributed by atoms with Crippen LogP contribution in [0.25, 0.3) is 11.3 Å². The zero-order valence-corrected chi connectivity index (χ0v) is 23.8. The summed E-state index contributed by atoms with van der Waals surface area (Å²) in [5.41, 5.74) is -1.14. The molecule has 230 valence electrons. The highest BCUT2D eigenvalue weighted by Gasteiger charge is 2.50. The molecule has 1 saturated heterocycles. The van der Waals surface area contributed by atoms with Crippen LogP contribution in [0, 0.1) is 29.5 Å². The van der Waals surface area contributed by atoms with E-state index in [1.54, 1.807) is 0 Å². The summed E-state index contributed by atoms with van der Waals surface area (Å²) in [5.74, 6) is -1.45. The highest BCUT2D eigenvalue weighted by molar-refractivity contribution is 5.98. The molecule has 5 rings (SSSR count). The summed E-state index contributed by atoms with van der Waals surface area (Å²) in [6.07, 6.45) is -0.928. The first-order valence-electron chi connectivity index (χ1n) is 14.3. The number of aromatic nitrogens is 3. The van der Waals surface area contributed by atoms with Gasteiger partial charge < -0.3 is 10.1 Å². The SMILES string of the molecule is COc1cc(-c2cc(C(=O)C3[C@@H]4CC[C@H]3CC(C(=O)NC3CC[C@H](C(F)(F)F)N(CC(C)(C)F)C3)C4)[nH]n2)c(F)cn1. The van der Waals surface area contributed by atoms with Crippen molar-refractivity contribution in [1.82, 2.24) is 25.4 Å². The van der Waals surface area contributed by atoms with Crippen LogP contribution in [-0.2, 0) is 4.79 Å². The van der Waals surface area contributed by atoms with E-state index in [1.807, 2.05) is 0 Å². The van der Waals surface area contributed by atoms with Gasteiger partial charge >= 0.3 is 6.18 Å². The summed E-state index contributed by atoms with van der Waals surface area (Å²) < 4.78 is 74.5. The molecule has 3 unspecified atom stereocenters. The minimum Gasteiger partial charge on any atom is -0.481 e. The van der Waals surface area contributed by atoms with E-state index in [-0.39, 0.29) is 84.1 Å². The van der Waals surface area contributed by atoms with Gasteiger partial charge in [-0.25, -0.2) is 13.8 Å². The number of fused-ring (bicyclic) bond motifs is 2. The zero-order valence-electron chi connectivity index (χ0n) is 23.8. The Morgan fingerprint density at radius 1 is 1.10 bits per heavy atom. The molecule has 3 fully saturated rings. The maximum absolute atomic E-state index is 14.4. The molecule has 8 nitrogen and oxygen atoms in total. The molecule has 2 aromatic rings. The van der Waals surface area contributed by atoms with Crippen molar-refractivity contribution in [3.8, 4) is 17.1 Å². The molecule has 2 saturated carbocycles. The number of ether oxygens (including phenoxy) is 1. The number of nitrogens with zero attached hydrogens (tertiary/aromatic N) is 3. The fourth-order valence-corrected chi connectivity index (χ4v) is 7.17. The Morgan fingerprint density at radius 2 is 1.79 bits per heavy atom. The van der Waals surface area contributed by atoms with E-state index >= 15 is 0 Å². The van der Waals surface area contributed by atoms with E-state index < -0.39 is 29.7 Å². The summed E-state index contributed by atoms with van der Waals surface area (Å²) in [6.45, 7) is 2.04. The average molecular weight is 598 g/mol. The largest absolute Gasteiger partial charge is 0.481 e. The molecule has 42 heavy (non-hydrogen) atoms. The summed E-state index contributed by atoms with van der Waals surface area (Å²) in [6, 6.07) is 0.671. The molecular weight excluding hydrogens is 561 g/mol. The van der Waals surface area contributed by atoms with Gasteiger partial charge in [-0.3, -0.25) is 19.6 Å². The van der Waals surface area contributed by atoms with Gasteiger partial charge in [-0.2, -0.15) is 18.3 Å². The second-order valence-electron chi connectivity index (χ2n) is 12.5. The number of H-pyrrole nitrogens is 1. The number of ketones is 1. The average Bonchev–Trinajstić information content (AvgIpc) is 3.49. The van der Waals surface area contributed by atoms with Gasteiger partial charge in [-0.1, -0.05) is 0 Å². The number of rotatable bonds is 8. The summed E-state index contributed by atoms with van der Waals surface area (Å²) in [5, 5.41) is 9.81. The number of hydrogen-bond acceptors (Lipinski definition) is 6. The molecule has 3 heterocycles. The number of methoxy groups -OCH3 is 1. The molecule has 0 radical (unpaired) electrons. The van der Waals surface area contributed by atoms with E-state index in [9.17, 15) is 31.5 Å². The van der Waals surface area contributed by atoms with Gasteiger partial charge in [-0.15, -0.1) is 0 Å².